The van der Waals surface area contributed by atoms with Gasteiger partial charge in [0.2, 0.25) is 0 Å². The van der Waals surface area contributed by atoms with Crippen molar-refractivity contribution in [1.29, 1.82) is 0 Å². The largest absolute Gasteiger partial charge is 0.325 e. The van der Waals surface area contributed by atoms with E-state index in [4.69, 9.17) is 11.5 Å². The molecule has 2 aliphatic carbocycles. The maximum Gasteiger partial charge on any atom is 0.0176 e. The Hall–Kier alpha value is -0.0800. The Morgan fingerprint density at radius 3 is 1.21 bits per heavy atom. The van der Waals surface area contributed by atoms with E-state index < -0.39 is 0 Å². The molecule has 112 valence electrons. The minimum atomic E-state index is -0.0113. The summed E-state index contributed by atoms with van der Waals surface area (Å²) in [4.78, 5) is 0. The van der Waals surface area contributed by atoms with Gasteiger partial charge in [-0.3, -0.25) is 0 Å². The van der Waals surface area contributed by atoms with Gasteiger partial charge >= 0.3 is 0 Å². The van der Waals surface area contributed by atoms with Crippen molar-refractivity contribution in [2.45, 2.75) is 83.7 Å². The summed E-state index contributed by atoms with van der Waals surface area (Å²) >= 11 is 0. The quantitative estimate of drug-likeness (QED) is 0.801. The van der Waals surface area contributed by atoms with Gasteiger partial charge in [0.15, 0.2) is 0 Å². The maximum absolute atomic E-state index is 6.77. The molecule has 2 saturated carbocycles. The zero-order valence-corrected chi connectivity index (χ0v) is 13.4. The van der Waals surface area contributed by atoms with Crippen molar-refractivity contribution < 1.29 is 0 Å². The van der Waals surface area contributed by atoms with Crippen LogP contribution in [0.4, 0.5) is 0 Å². The van der Waals surface area contributed by atoms with Crippen LogP contribution in [0.25, 0.3) is 0 Å². The Labute approximate surface area is 119 Å². The molecule has 4 unspecified atom stereocenters. The topological polar surface area (TPSA) is 52.0 Å². The minimum absolute atomic E-state index is 0.0113. The van der Waals surface area contributed by atoms with Crippen LogP contribution in [-0.2, 0) is 0 Å². The second kappa shape index (κ2) is 5.37. The first kappa shape index (κ1) is 15.3. The molecule has 2 heteroatoms. The molecule has 2 fully saturated rings. The van der Waals surface area contributed by atoms with E-state index >= 15 is 0 Å². The van der Waals surface area contributed by atoms with Crippen molar-refractivity contribution in [2.24, 2.45) is 35.1 Å². The molecule has 2 aliphatic rings. The number of nitrogens with two attached hydrogens (primary N) is 2. The van der Waals surface area contributed by atoms with Gasteiger partial charge in [0.1, 0.15) is 0 Å². The molecule has 0 spiro atoms. The highest BCUT2D eigenvalue weighted by atomic mass is 14.8. The summed E-state index contributed by atoms with van der Waals surface area (Å²) in [6, 6.07) is 0. The lowest BCUT2D eigenvalue weighted by molar-refractivity contribution is 0.0981. The van der Waals surface area contributed by atoms with Crippen molar-refractivity contribution >= 4 is 0 Å². The van der Waals surface area contributed by atoms with Crippen LogP contribution < -0.4 is 11.5 Å². The van der Waals surface area contributed by atoms with Crippen molar-refractivity contribution in [1.82, 2.24) is 0 Å². The maximum atomic E-state index is 6.77. The molecule has 2 nitrogen and oxygen atoms in total. The van der Waals surface area contributed by atoms with Gasteiger partial charge in [-0.1, -0.05) is 27.7 Å². The molecule has 0 radical (unpaired) electrons. The second-order valence-corrected chi connectivity index (χ2v) is 8.61. The number of rotatable bonds is 2. The van der Waals surface area contributed by atoms with Crippen LogP contribution in [0.1, 0.15) is 72.6 Å². The molecular formula is C17H34N2. The summed E-state index contributed by atoms with van der Waals surface area (Å²) in [5, 5.41) is 0. The molecule has 2 rings (SSSR count). The average Bonchev–Trinajstić information content (AvgIpc) is 2.08. The third-order valence-corrected chi connectivity index (χ3v) is 5.33. The van der Waals surface area contributed by atoms with Gasteiger partial charge in [-0.2, -0.15) is 0 Å². The van der Waals surface area contributed by atoms with Crippen LogP contribution in [0.15, 0.2) is 0 Å². The highest BCUT2D eigenvalue weighted by Crippen LogP contribution is 2.43. The van der Waals surface area contributed by atoms with E-state index in [0.29, 0.717) is 0 Å². The van der Waals surface area contributed by atoms with Gasteiger partial charge in [-0.15, -0.1) is 0 Å². The van der Waals surface area contributed by atoms with E-state index in [1.54, 1.807) is 0 Å². The zero-order chi connectivity index (χ0) is 14.3. The van der Waals surface area contributed by atoms with Crippen molar-refractivity contribution in [3.63, 3.8) is 0 Å². The monoisotopic (exact) mass is 266 g/mol. The van der Waals surface area contributed by atoms with Crippen molar-refractivity contribution in [3.8, 4) is 0 Å². The minimum Gasteiger partial charge on any atom is -0.325 e. The molecule has 0 aliphatic heterocycles. The van der Waals surface area contributed by atoms with E-state index in [0.717, 1.165) is 30.1 Å². The standard InChI is InChI=1S/C17H34N2/c1-12-5-13(2)8-16(18,7-12)11-17(19)9-14(3)6-15(4)10-17/h12-15H,5-11,18-19H2,1-4H3. The number of hydrogen-bond donors (Lipinski definition) is 2. The Kier molecular flexibility index (Phi) is 4.32. The van der Waals surface area contributed by atoms with Gasteiger partial charge < -0.3 is 11.5 Å². The molecular weight excluding hydrogens is 232 g/mol. The first-order valence-corrected chi connectivity index (χ1v) is 8.27. The van der Waals surface area contributed by atoms with E-state index in [1.807, 2.05) is 0 Å². The molecule has 0 aromatic carbocycles. The highest BCUT2D eigenvalue weighted by molar-refractivity contribution is 5.02. The summed E-state index contributed by atoms with van der Waals surface area (Å²) in [6.07, 6.45) is 8.37. The van der Waals surface area contributed by atoms with Gasteiger partial charge in [-0.05, 0) is 68.6 Å². The van der Waals surface area contributed by atoms with Crippen molar-refractivity contribution in [2.75, 3.05) is 0 Å². The van der Waals surface area contributed by atoms with Crippen LogP contribution >= 0.6 is 0 Å². The predicted octanol–water partition coefficient (Wildman–Crippen LogP) is 3.68. The average molecular weight is 266 g/mol. The van der Waals surface area contributed by atoms with E-state index in [2.05, 4.69) is 27.7 Å². The van der Waals surface area contributed by atoms with Crippen molar-refractivity contribution in [3.05, 3.63) is 0 Å². The molecule has 4 N–H and O–H groups in total. The molecule has 4 atom stereocenters. The fourth-order valence-corrected chi connectivity index (χ4v) is 5.64. The molecule has 0 aromatic heterocycles. The van der Waals surface area contributed by atoms with E-state index in [-0.39, 0.29) is 11.1 Å². The summed E-state index contributed by atoms with van der Waals surface area (Å²) < 4.78 is 0. The molecule has 0 aromatic rings. The fraction of sp³-hybridized carbons (Fsp3) is 1.00. The Morgan fingerprint density at radius 1 is 0.684 bits per heavy atom. The Morgan fingerprint density at radius 2 is 0.947 bits per heavy atom. The lowest BCUT2D eigenvalue weighted by atomic mass is 9.62. The van der Waals surface area contributed by atoms with Crippen LogP contribution in [0.2, 0.25) is 0 Å². The third-order valence-electron chi connectivity index (χ3n) is 5.33. The van der Waals surface area contributed by atoms with Gasteiger partial charge in [-0.25, -0.2) is 0 Å². The van der Waals surface area contributed by atoms with Gasteiger partial charge in [0.25, 0.3) is 0 Å². The van der Waals surface area contributed by atoms with E-state index in [9.17, 15) is 0 Å². The summed E-state index contributed by atoms with van der Waals surface area (Å²) in [5.41, 5.74) is 13.5. The fourth-order valence-electron chi connectivity index (χ4n) is 5.64. The van der Waals surface area contributed by atoms with Gasteiger partial charge in [0, 0.05) is 11.1 Å². The normalized spacial score (nSPS) is 52.1. The van der Waals surface area contributed by atoms with Crippen LogP contribution in [0, 0.1) is 23.7 Å². The Balaban J connectivity index is 2.05. The summed E-state index contributed by atoms with van der Waals surface area (Å²) in [7, 11) is 0. The molecule has 0 heterocycles. The Bertz CT molecular complexity index is 262. The molecule has 0 amide bonds. The van der Waals surface area contributed by atoms with Crippen LogP contribution in [0.5, 0.6) is 0 Å². The summed E-state index contributed by atoms with van der Waals surface area (Å²) in [5.74, 6) is 3.04. The third kappa shape index (κ3) is 3.95. The predicted molar refractivity (Wildman–Crippen MR) is 82.8 cm³/mol. The lowest BCUT2D eigenvalue weighted by Crippen LogP contribution is -2.57. The first-order valence-electron chi connectivity index (χ1n) is 8.27. The zero-order valence-electron chi connectivity index (χ0n) is 13.4. The molecule has 0 bridgehead atoms. The smallest absolute Gasteiger partial charge is 0.0176 e. The lowest BCUT2D eigenvalue weighted by Gasteiger charge is -2.48. The van der Waals surface area contributed by atoms with E-state index in [1.165, 1.54) is 38.5 Å². The van der Waals surface area contributed by atoms with Gasteiger partial charge in [0.05, 0.1) is 0 Å². The number of hydrogen-bond acceptors (Lipinski definition) is 2. The van der Waals surface area contributed by atoms with Crippen LogP contribution in [-0.4, -0.2) is 11.1 Å². The van der Waals surface area contributed by atoms with Crippen LogP contribution in [0.3, 0.4) is 0 Å². The molecule has 19 heavy (non-hydrogen) atoms. The molecule has 0 saturated heterocycles. The highest BCUT2D eigenvalue weighted by Gasteiger charge is 2.43. The second-order valence-electron chi connectivity index (χ2n) is 8.61. The first-order chi connectivity index (χ1) is 8.70. The SMILES string of the molecule is CC1CC(C)CC(N)(CC2(N)CC(C)CC(C)C2)C1. The summed E-state index contributed by atoms with van der Waals surface area (Å²) in [6.45, 7) is 9.42.